The van der Waals surface area contributed by atoms with Crippen LogP contribution in [0.1, 0.15) is 18.4 Å². The Morgan fingerprint density at radius 2 is 2.17 bits per heavy atom. The van der Waals surface area contributed by atoms with Gasteiger partial charge in [-0.15, -0.1) is 0 Å². The zero-order valence-corrected chi connectivity index (χ0v) is 7.01. The van der Waals surface area contributed by atoms with Crippen LogP contribution >= 0.6 is 0 Å². The number of aromatic nitrogens is 1. The molecule has 0 amide bonds. The van der Waals surface area contributed by atoms with Crippen LogP contribution in [0, 0.1) is 0 Å². The van der Waals surface area contributed by atoms with Crippen molar-refractivity contribution in [3.05, 3.63) is 22.3 Å². The van der Waals surface area contributed by atoms with Crippen LogP contribution < -0.4 is 10.6 Å². The molecule has 64 valence electrons. The van der Waals surface area contributed by atoms with Crippen LogP contribution in [0.25, 0.3) is 12.2 Å². The number of hydrogen-bond acceptors (Lipinski definition) is 1. The summed E-state index contributed by atoms with van der Waals surface area (Å²) in [5.41, 5.74) is 1.24. The predicted octanol–water partition coefficient (Wildman–Crippen LogP) is -0.0957. The van der Waals surface area contributed by atoms with Crippen molar-refractivity contribution < 1.29 is 5.11 Å². The highest BCUT2D eigenvalue weighted by Gasteiger charge is 2.00. The van der Waals surface area contributed by atoms with Crippen LogP contribution in [0.3, 0.4) is 0 Å². The van der Waals surface area contributed by atoms with Crippen LogP contribution in [0.4, 0.5) is 0 Å². The van der Waals surface area contributed by atoms with Gasteiger partial charge in [-0.05, 0) is 30.0 Å². The number of aromatic amines is 1. The molecule has 0 aliphatic heterocycles. The lowest BCUT2D eigenvalue weighted by Gasteiger charge is -1.96. The maximum absolute atomic E-state index is 8.80. The van der Waals surface area contributed by atoms with E-state index < -0.39 is 0 Å². The molecule has 1 aliphatic rings. The lowest BCUT2D eigenvalue weighted by molar-refractivity contribution is 0.299. The Kier molecular flexibility index (Phi) is 2.00. The quantitative estimate of drug-likeness (QED) is 0.627. The number of aliphatic hydroxyl groups excluding tert-OH is 1. The summed E-state index contributed by atoms with van der Waals surface area (Å²) in [4.78, 5) is 3.21. The van der Waals surface area contributed by atoms with E-state index in [0.717, 1.165) is 19.3 Å². The van der Waals surface area contributed by atoms with Gasteiger partial charge in [-0.1, -0.05) is 12.2 Å². The second kappa shape index (κ2) is 3.15. The number of hydrogen-bond donors (Lipinski definition) is 2. The predicted molar refractivity (Wildman–Crippen MR) is 49.0 cm³/mol. The smallest absolute Gasteiger partial charge is 0.0472 e. The summed E-state index contributed by atoms with van der Waals surface area (Å²) in [6, 6.07) is 0. The van der Waals surface area contributed by atoms with Crippen molar-refractivity contribution >= 4 is 12.2 Å². The van der Waals surface area contributed by atoms with Gasteiger partial charge in [0, 0.05) is 18.2 Å². The van der Waals surface area contributed by atoms with Crippen molar-refractivity contribution in [3.8, 4) is 0 Å². The Hall–Kier alpha value is -1.02. The van der Waals surface area contributed by atoms with E-state index in [1.807, 2.05) is 6.20 Å². The molecule has 0 radical (unpaired) electrons. The fourth-order valence-corrected chi connectivity index (χ4v) is 1.69. The first-order valence-electron chi connectivity index (χ1n) is 4.39. The maximum Gasteiger partial charge on any atom is 0.0472 e. The first kappa shape index (κ1) is 7.62. The highest BCUT2D eigenvalue weighted by atomic mass is 16.2. The molecule has 0 aromatic carbocycles. The minimum absolute atomic E-state index is 0.234. The monoisotopic (exact) mass is 163 g/mol. The van der Waals surface area contributed by atoms with E-state index >= 15 is 0 Å². The van der Waals surface area contributed by atoms with Gasteiger partial charge in [-0.2, -0.15) is 0 Å². The molecule has 0 bridgehead atoms. The van der Waals surface area contributed by atoms with Crippen molar-refractivity contribution in [2.24, 2.45) is 0 Å². The summed E-state index contributed by atoms with van der Waals surface area (Å²) in [6.45, 7) is 0.234. The van der Waals surface area contributed by atoms with Gasteiger partial charge < -0.3 is 10.1 Å². The zero-order valence-electron chi connectivity index (χ0n) is 7.01. The van der Waals surface area contributed by atoms with Gasteiger partial charge >= 0.3 is 0 Å². The van der Waals surface area contributed by atoms with E-state index in [1.165, 1.54) is 16.1 Å². The molecule has 2 heteroatoms. The van der Waals surface area contributed by atoms with Gasteiger partial charge in [-0.3, -0.25) is 0 Å². The van der Waals surface area contributed by atoms with Gasteiger partial charge in [0.25, 0.3) is 0 Å². The normalized spacial score (nSPS) is 14.8. The molecule has 0 saturated carbocycles. The third kappa shape index (κ3) is 1.18. The number of rotatable bonds is 2. The molecule has 0 saturated heterocycles. The van der Waals surface area contributed by atoms with Crippen LogP contribution in [0.5, 0.6) is 0 Å². The molecule has 0 atom stereocenters. The minimum Gasteiger partial charge on any atom is -0.396 e. The standard InChI is InChI=1S/C10H13NO/c12-6-5-8-7-11-10-4-2-1-3-9(8)10/h3-4,7,11-12H,1-2,5-6H2. The van der Waals surface area contributed by atoms with Gasteiger partial charge in [0.15, 0.2) is 0 Å². The van der Waals surface area contributed by atoms with Crippen molar-refractivity contribution in [1.82, 2.24) is 4.98 Å². The number of nitrogens with one attached hydrogen (secondary N) is 1. The molecule has 0 spiro atoms. The van der Waals surface area contributed by atoms with Crippen molar-refractivity contribution in [2.45, 2.75) is 19.3 Å². The van der Waals surface area contributed by atoms with E-state index in [9.17, 15) is 0 Å². The van der Waals surface area contributed by atoms with Crippen LogP contribution in [0.15, 0.2) is 6.20 Å². The molecule has 2 nitrogen and oxygen atoms in total. The number of aliphatic hydroxyl groups is 1. The Balaban J connectivity index is 2.53. The molecule has 2 rings (SSSR count). The first-order valence-corrected chi connectivity index (χ1v) is 4.39. The third-order valence-electron chi connectivity index (χ3n) is 2.28. The maximum atomic E-state index is 8.80. The van der Waals surface area contributed by atoms with E-state index in [1.54, 1.807) is 0 Å². The van der Waals surface area contributed by atoms with Crippen molar-refractivity contribution in [1.29, 1.82) is 0 Å². The zero-order chi connectivity index (χ0) is 8.39. The van der Waals surface area contributed by atoms with E-state index in [-0.39, 0.29) is 6.61 Å². The topological polar surface area (TPSA) is 36.0 Å². The summed E-state index contributed by atoms with van der Waals surface area (Å²) < 4.78 is 0. The average Bonchev–Trinajstić information content (AvgIpc) is 2.50. The highest BCUT2D eigenvalue weighted by molar-refractivity contribution is 5.39. The van der Waals surface area contributed by atoms with Gasteiger partial charge in [0.05, 0.1) is 0 Å². The summed E-state index contributed by atoms with van der Waals surface area (Å²) in [7, 11) is 0. The Labute approximate surface area is 71.2 Å². The molecular weight excluding hydrogens is 150 g/mol. The molecule has 1 aliphatic carbocycles. The van der Waals surface area contributed by atoms with Gasteiger partial charge in [0.2, 0.25) is 0 Å². The second-order valence-corrected chi connectivity index (χ2v) is 3.10. The van der Waals surface area contributed by atoms with Crippen molar-refractivity contribution in [2.75, 3.05) is 6.61 Å². The van der Waals surface area contributed by atoms with E-state index in [2.05, 4.69) is 17.1 Å². The second-order valence-electron chi connectivity index (χ2n) is 3.10. The molecule has 1 heterocycles. The fraction of sp³-hybridized carbons (Fsp3) is 0.400. The molecule has 0 unspecified atom stereocenters. The van der Waals surface area contributed by atoms with E-state index in [0.29, 0.717) is 0 Å². The number of H-pyrrole nitrogens is 1. The summed E-state index contributed by atoms with van der Waals surface area (Å²) in [6.07, 6.45) is 9.48. The fourth-order valence-electron chi connectivity index (χ4n) is 1.69. The SMILES string of the molecule is OCCc1c[nH]c2c1=CCCC=2. The van der Waals surface area contributed by atoms with Crippen LogP contribution in [0.2, 0.25) is 0 Å². The van der Waals surface area contributed by atoms with Crippen LogP contribution in [-0.2, 0) is 6.42 Å². The molecule has 12 heavy (non-hydrogen) atoms. The van der Waals surface area contributed by atoms with Gasteiger partial charge in [-0.25, -0.2) is 0 Å². The molecule has 1 aromatic rings. The Bertz CT molecular complexity index is 375. The molecule has 1 aromatic heterocycles. The largest absolute Gasteiger partial charge is 0.396 e. The highest BCUT2D eigenvalue weighted by Crippen LogP contribution is 1.97. The Morgan fingerprint density at radius 3 is 3.00 bits per heavy atom. The summed E-state index contributed by atoms with van der Waals surface area (Å²) in [5, 5.41) is 11.3. The summed E-state index contributed by atoms with van der Waals surface area (Å²) >= 11 is 0. The van der Waals surface area contributed by atoms with Gasteiger partial charge in [0.1, 0.15) is 0 Å². The molecule has 2 N–H and O–H groups in total. The van der Waals surface area contributed by atoms with Crippen LogP contribution in [-0.4, -0.2) is 16.7 Å². The van der Waals surface area contributed by atoms with Crippen molar-refractivity contribution in [3.63, 3.8) is 0 Å². The summed E-state index contributed by atoms with van der Waals surface area (Å²) in [5.74, 6) is 0. The third-order valence-corrected chi connectivity index (χ3v) is 2.28. The molecule has 0 fully saturated rings. The average molecular weight is 163 g/mol. The molecular formula is C10H13NO. The van der Waals surface area contributed by atoms with E-state index in [4.69, 9.17) is 5.11 Å². The lowest BCUT2D eigenvalue weighted by Crippen LogP contribution is -2.27. The number of fused-ring (bicyclic) bond motifs is 1. The first-order chi connectivity index (χ1) is 5.92. The minimum atomic E-state index is 0.234. The lowest BCUT2D eigenvalue weighted by atomic mass is 10.1. The Morgan fingerprint density at radius 1 is 1.33 bits per heavy atom.